The number of carboxylic acid groups (broad SMARTS) is 2. The molecule has 3 atom stereocenters. The molecule has 18 nitrogen and oxygen atoms in total. The van der Waals surface area contributed by atoms with Gasteiger partial charge in [-0.25, -0.2) is 14.6 Å². The van der Waals surface area contributed by atoms with Crippen LogP contribution in [-0.4, -0.2) is 119 Å². The van der Waals surface area contributed by atoms with Crippen LogP contribution in [0.4, 0.5) is 5.13 Å². The number of nitrogens with zero attached hydrogens (tertiary/aromatic N) is 4. The lowest BCUT2D eigenvalue weighted by atomic mass is 9.92. The zero-order valence-corrected chi connectivity index (χ0v) is 27.0. The summed E-state index contributed by atoms with van der Waals surface area (Å²) in [5.41, 5.74) is 3.67. The molecule has 5 rings (SSSR count). The van der Waals surface area contributed by atoms with Gasteiger partial charge in [0.1, 0.15) is 28.8 Å². The summed E-state index contributed by atoms with van der Waals surface area (Å²) in [6.45, 7) is 2.14. The highest BCUT2D eigenvalue weighted by Gasteiger charge is 2.54. The van der Waals surface area contributed by atoms with Crippen molar-refractivity contribution in [1.82, 2.24) is 25.4 Å². The number of oxime groups is 1. The number of aliphatic carboxylic acids is 2. The van der Waals surface area contributed by atoms with Gasteiger partial charge in [-0.2, -0.15) is 0 Å². The fourth-order valence-corrected chi connectivity index (χ4v) is 6.97. The Hall–Kier alpha value is -5.37. The Bertz CT molecular complexity index is 1820. The first kappa shape index (κ1) is 34.0. The molecule has 8 N–H and O–H groups in total. The molecule has 2 unspecified atom stereocenters. The van der Waals surface area contributed by atoms with Gasteiger partial charge in [-0.1, -0.05) is 5.16 Å². The van der Waals surface area contributed by atoms with E-state index in [1.807, 2.05) is 0 Å². The van der Waals surface area contributed by atoms with E-state index >= 15 is 0 Å². The van der Waals surface area contributed by atoms with Crippen LogP contribution in [0.25, 0.3) is 0 Å². The largest absolute Gasteiger partial charge is 0.504 e. The van der Waals surface area contributed by atoms with Gasteiger partial charge in [0.2, 0.25) is 11.5 Å². The molecule has 3 aliphatic rings. The van der Waals surface area contributed by atoms with Crippen LogP contribution in [0, 0.1) is 0 Å². The van der Waals surface area contributed by atoms with Crippen molar-refractivity contribution in [3.05, 3.63) is 45.6 Å². The summed E-state index contributed by atoms with van der Waals surface area (Å²) in [6.07, 6.45) is 0.0164. The topological polar surface area (TPSA) is 274 Å². The van der Waals surface area contributed by atoms with Gasteiger partial charge in [0.05, 0.1) is 0 Å². The molecule has 1 saturated heterocycles. The molecule has 0 saturated carbocycles. The number of phenols is 2. The van der Waals surface area contributed by atoms with Crippen molar-refractivity contribution in [3.8, 4) is 11.5 Å². The number of nitrogen functional groups attached to an aromatic ring is 1. The molecule has 0 bridgehead atoms. The van der Waals surface area contributed by atoms with Gasteiger partial charge >= 0.3 is 11.9 Å². The van der Waals surface area contributed by atoms with Gasteiger partial charge in [-0.3, -0.25) is 24.1 Å². The van der Waals surface area contributed by atoms with E-state index in [1.165, 1.54) is 37.2 Å². The number of anilines is 1. The molecule has 1 aromatic heterocycles. The molecule has 20 heteroatoms. The summed E-state index contributed by atoms with van der Waals surface area (Å²) >= 11 is 2.11. The molecule has 4 heterocycles. The average Bonchev–Trinajstić information content (AvgIpc) is 3.46. The first-order valence-electron chi connectivity index (χ1n) is 14.0. The number of carboxylic acids is 2. The molecule has 1 aromatic carbocycles. The lowest BCUT2D eigenvalue weighted by molar-refractivity contribution is -0.161. The van der Waals surface area contributed by atoms with E-state index < -0.39 is 75.8 Å². The molecule has 0 radical (unpaired) electrons. The van der Waals surface area contributed by atoms with Crippen LogP contribution >= 0.6 is 23.1 Å². The van der Waals surface area contributed by atoms with Crippen molar-refractivity contribution in [2.75, 3.05) is 25.1 Å². The monoisotopic (exact) mass is 703 g/mol. The molecule has 48 heavy (non-hydrogen) atoms. The normalized spacial score (nSPS) is 20.8. The number of carbonyl (C=O) groups excluding carboxylic acids is 4. The maximum atomic E-state index is 13.3. The molecule has 2 aromatic rings. The van der Waals surface area contributed by atoms with Gasteiger partial charge in [0.25, 0.3) is 17.7 Å². The fraction of sp³-hybridized carbons (Fsp3) is 0.357. The number of aromatic hydroxyl groups is 2. The standard InChI is InChI=1S/C28H29N7O11S2/c1-28(2,26(44)45)46-33-17(13-9-48-27(29)31-13)21(39)32-18-23(41)35-19(25(42)43)11(8-47-24(18)35)7-30-20(38)14-4-10-5-15(36)16(37)6-12(10)22(40)34(14)3/h5-6,9,14,18,24,36-37H,4,7-8H2,1-3H3,(H2,29,31)(H,30,38)(H,32,39)(H,42,43)(H,44,45)/t14?,18?,24-/m0/s1. The Morgan fingerprint density at radius 2 is 1.85 bits per heavy atom. The smallest absolute Gasteiger partial charge is 0.352 e. The van der Waals surface area contributed by atoms with Gasteiger partial charge in [-0.15, -0.1) is 23.1 Å². The molecule has 0 spiro atoms. The molecule has 3 aliphatic heterocycles. The SMILES string of the molecule is CN1C(=O)c2cc(O)c(O)cc2CC1C(=O)NCC1=C(C(=O)O)N2C(=O)C(NC(=O)C(=NOC(C)(C)C(=O)O)c3csc(N)n3)[C@@H]2SC1. The summed E-state index contributed by atoms with van der Waals surface area (Å²) < 4.78 is 0. The number of β-lactam (4-membered cyclic amide) rings is 1. The zero-order valence-electron chi connectivity index (χ0n) is 25.4. The zero-order chi connectivity index (χ0) is 35.2. The predicted molar refractivity (Wildman–Crippen MR) is 168 cm³/mol. The minimum atomic E-state index is -1.82. The summed E-state index contributed by atoms with van der Waals surface area (Å²) in [7, 11) is 1.40. The minimum Gasteiger partial charge on any atom is -0.504 e. The number of nitrogens with one attached hydrogen (secondary N) is 2. The van der Waals surface area contributed by atoms with Crippen molar-refractivity contribution < 1.29 is 54.0 Å². The minimum absolute atomic E-state index is 0.0164. The number of rotatable bonds is 10. The lowest BCUT2D eigenvalue weighted by Crippen LogP contribution is -2.71. The average molecular weight is 704 g/mol. The number of likely N-dealkylation sites (N-methyl/N-ethyl adjacent to an activating group) is 1. The molecule has 0 aliphatic carbocycles. The third-order valence-corrected chi connectivity index (χ3v) is 9.82. The van der Waals surface area contributed by atoms with E-state index in [-0.39, 0.29) is 46.4 Å². The van der Waals surface area contributed by atoms with Gasteiger partial charge in [0.15, 0.2) is 22.3 Å². The number of amides is 4. The lowest BCUT2D eigenvalue weighted by Gasteiger charge is -2.49. The van der Waals surface area contributed by atoms with Crippen LogP contribution < -0.4 is 16.4 Å². The Morgan fingerprint density at radius 3 is 2.48 bits per heavy atom. The molecular formula is C28H29N7O11S2. The Kier molecular flexibility index (Phi) is 8.97. The number of fused-ring (bicyclic) bond motifs is 2. The second-order valence-electron chi connectivity index (χ2n) is 11.4. The van der Waals surface area contributed by atoms with E-state index in [2.05, 4.69) is 20.8 Å². The van der Waals surface area contributed by atoms with Crippen LogP contribution in [0.15, 0.2) is 33.9 Å². The maximum absolute atomic E-state index is 13.3. The third kappa shape index (κ3) is 6.18. The van der Waals surface area contributed by atoms with E-state index in [0.29, 0.717) is 5.56 Å². The quantitative estimate of drug-likeness (QED) is 0.0696. The summed E-state index contributed by atoms with van der Waals surface area (Å²) in [4.78, 5) is 87.6. The van der Waals surface area contributed by atoms with Crippen LogP contribution in [0.5, 0.6) is 11.5 Å². The number of benzene rings is 1. The van der Waals surface area contributed by atoms with Crippen LogP contribution in [-0.2, 0) is 35.2 Å². The van der Waals surface area contributed by atoms with Crippen molar-refractivity contribution in [2.24, 2.45) is 5.16 Å². The molecule has 254 valence electrons. The van der Waals surface area contributed by atoms with Crippen molar-refractivity contribution in [1.29, 1.82) is 0 Å². The van der Waals surface area contributed by atoms with Gasteiger partial charge < -0.3 is 46.5 Å². The van der Waals surface area contributed by atoms with Crippen LogP contribution in [0.2, 0.25) is 0 Å². The van der Waals surface area contributed by atoms with Gasteiger partial charge in [0, 0.05) is 36.7 Å². The number of thioether (sulfide) groups is 1. The van der Waals surface area contributed by atoms with Crippen molar-refractivity contribution >= 4 is 69.5 Å². The summed E-state index contributed by atoms with van der Waals surface area (Å²) in [6, 6.07) is 0.118. The number of phenolic OH excluding ortho intramolecular Hbond substituents is 2. The third-order valence-electron chi connectivity index (χ3n) is 7.81. The van der Waals surface area contributed by atoms with Crippen LogP contribution in [0.3, 0.4) is 0 Å². The second kappa shape index (κ2) is 12.7. The number of aromatic nitrogens is 1. The van der Waals surface area contributed by atoms with Crippen molar-refractivity contribution in [2.45, 2.75) is 43.3 Å². The molecular weight excluding hydrogens is 674 g/mol. The Balaban J connectivity index is 1.29. The van der Waals surface area contributed by atoms with E-state index in [1.54, 1.807) is 0 Å². The van der Waals surface area contributed by atoms with Crippen molar-refractivity contribution in [3.63, 3.8) is 0 Å². The summed E-state index contributed by atoms with van der Waals surface area (Å²) in [5.74, 6) is -6.56. The van der Waals surface area contributed by atoms with Crippen LogP contribution in [0.1, 0.15) is 35.5 Å². The number of thiazole rings is 1. The summed E-state index contributed by atoms with van der Waals surface area (Å²) in [5, 5.41) is 48.4. The maximum Gasteiger partial charge on any atom is 0.352 e. The predicted octanol–water partition coefficient (Wildman–Crippen LogP) is -0.728. The van der Waals surface area contributed by atoms with Gasteiger partial charge in [-0.05, 0) is 37.1 Å². The molecule has 1 fully saturated rings. The Labute approximate surface area is 279 Å². The number of hydrogen-bond donors (Lipinski definition) is 7. The number of hydrogen-bond acceptors (Lipinski definition) is 14. The van der Waals surface area contributed by atoms with E-state index in [4.69, 9.17) is 10.6 Å². The number of nitrogens with two attached hydrogens (primary N) is 1. The molecule has 4 amide bonds. The number of carbonyl (C=O) groups is 6. The fourth-order valence-electron chi connectivity index (χ4n) is 5.07. The highest BCUT2D eigenvalue weighted by Crippen LogP contribution is 2.40. The first-order valence-corrected chi connectivity index (χ1v) is 16.0. The highest BCUT2D eigenvalue weighted by molar-refractivity contribution is 8.00. The highest BCUT2D eigenvalue weighted by atomic mass is 32.2. The first-order chi connectivity index (χ1) is 22.5. The van der Waals surface area contributed by atoms with E-state index in [9.17, 15) is 49.2 Å². The Morgan fingerprint density at radius 1 is 1.17 bits per heavy atom. The van der Waals surface area contributed by atoms with E-state index in [0.717, 1.165) is 34.1 Å². The second-order valence-corrected chi connectivity index (χ2v) is 13.4.